The molecular formula is C21H27N3O2. The molecule has 0 aliphatic carbocycles. The summed E-state index contributed by atoms with van der Waals surface area (Å²) in [5, 5.41) is 13.6. The van der Waals surface area contributed by atoms with Gasteiger partial charge >= 0.3 is 0 Å². The highest BCUT2D eigenvalue weighted by Gasteiger charge is 2.18. The maximum Gasteiger partial charge on any atom is 0.194 e. The van der Waals surface area contributed by atoms with Gasteiger partial charge in [0.1, 0.15) is 0 Å². The number of nitrogens with zero attached hydrogens (tertiary/aromatic N) is 2. The maximum atomic E-state index is 10.2. The van der Waals surface area contributed by atoms with Crippen molar-refractivity contribution in [1.29, 1.82) is 0 Å². The van der Waals surface area contributed by atoms with E-state index in [1.54, 1.807) is 13.2 Å². The first-order valence-corrected chi connectivity index (χ1v) is 9.17. The third-order valence-corrected chi connectivity index (χ3v) is 4.71. The van der Waals surface area contributed by atoms with E-state index in [4.69, 9.17) is 9.73 Å². The van der Waals surface area contributed by atoms with E-state index in [1.165, 1.54) is 11.1 Å². The van der Waals surface area contributed by atoms with Crippen LogP contribution in [0.2, 0.25) is 0 Å². The number of fused-ring (bicyclic) bond motifs is 1. The summed E-state index contributed by atoms with van der Waals surface area (Å²) >= 11 is 0. The zero-order valence-electron chi connectivity index (χ0n) is 15.5. The molecule has 1 aliphatic rings. The summed E-state index contributed by atoms with van der Waals surface area (Å²) in [7, 11) is 1.56. The van der Waals surface area contributed by atoms with Gasteiger partial charge in [-0.25, -0.2) is 0 Å². The maximum absolute atomic E-state index is 10.2. The van der Waals surface area contributed by atoms with E-state index in [9.17, 15) is 5.11 Å². The lowest BCUT2D eigenvalue weighted by Gasteiger charge is -2.31. The summed E-state index contributed by atoms with van der Waals surface area (Å²) < 4.78 is 5.17. The molecule has 0 saturated carbocycles. The van der Waals surface area contributed by atoms with Crippen LogP contribution < -0.4 is 10.1 Å². The molecule has 3 rings (SSSR count). The van der Waals surface area contributed by atoms with Gasteiger partial charge in [0.2, 0.25) is 0 Å². The Morgan fingerprint density at radius 2 is 2.00 bits per heavy atom. The van der Waals surface area contributed by atoms with Gasteiger partial charge in [-0.1, -0.05) is 36.4 Å². The fraction of sp³-hybridized carbons (Fsp3) is 0.381. The van der Waals surface area contributed by atoms with Crippen molar-refractivity contribution in [2.75, 3.05) is 26.7 Å². The van der Waals surface area contributed by atoms with E-state index in [0.29, 0.717) is 18.7 Å². The number of benzene rings is 2. The molecule has 138 valence electrons. The molecule has 0 saturated heterocycles. The minimum atomic E-state index is 0.210. The number of phenols is 1. The zero-order valence-corrected chi connectivity index (χ0v) is 15.5. The fourth-order valence-electron chi connectivity index (χ4n) is 3.32. The molecule has 0 aromatic heterocycles. The SMILES string of the molecule is CCNC(=NCCc1cccc(OC)c1O)N1CCc2ccccc2C1. The van der Waals surface area contributed by atoms with Crippen LogP contribution in [-0.4, -0.2) is 42.7 Å². The van der Waals surface area contributed by atoms with Crippen molar-refractivity contribution in [3.05, 3.63) is 59.2 Å². The van der Waals surface area contributed by atoms with E-state index >= 15 is 0 Å². The number of phenolic OH excluding ortho intramolecular Hbond substituents is 1. The average molecular weight is 353 g/mol. The fourth-order valence-corrected chi connectivity index (χ4v) is 3.32. The molecule has 2 aromatic rings. The summed E-state index contributed by atoms with van der Waals surface area (Å²) in [6.45, 7) is 5.38. The smallest absolute Gasteiger partial charge is 0.194 e. The number of nitrogens with one attached hydrogen (secondary N) is 1. The summed E-state index contributed by atoms with van der Waals surface area (Å²) in [5.74, 6) is 1.65. The third kappa shape index (κ3) is 4.10. The molecule has 1 aliphatic heterocycles. The van der Waals surface area contributed by atoms with Gasteiger partial charge in [-0.15, -0.1) is 0 Å². The predicted octanol–water partition coefficient (Wildman–Crippen LogP) is 2.97. The van der Waals surface area contributed by atoms with Gasteiger partial charge in [-0.2, -0.15) is 0 Å². The van der Waals surface area contributed by atoms with E-state index in [1.807, 2.05) is 12.1 Å². The number of hydrogen-bond acceptors (Lipinski definition) is 3. The van der Waals surface area contributed by atoms with Crippen LogP contribution in [0.3, 0.4) is 0 Å². The monoisotopic (exact) mass is 353 g/mol. The van der Waals surface area contributed by atoms with Crippen LogP contribution >= 0.6 is 0 Å². The number of hydrogen-bond donors (Lipinski definition) is 2. The highest BCUT2D eigenvalue weighted by molar-refractivity contribution is 5.80. The van der Waals surface area contributed by atoms with E-state index in [-0.39, 0.29) is 5.75 Å². The van der Waals surface area contributed by atoms with Gasteiger partial charge in [-0.3, -0.25) is 4.99 Å². The minimum Gasteiger partial charge on any atom is -0.504 e. The number of aliphatic imine (C=N–C) groups is 1. The summed E-state index contributed by atoms with van der Waals surface area (Å²) in [4.78, 5) is 7.08. The van der Waals surface area contributed by atoms with Gasteiger partial charge in [-0.05, 0) is 42.5 Å². The highest BCUT2D eigenvalue weighted by atomic mass is 16.5. The van der Waals surface area contributed by atoms with E-state index < -0.39 is 0 Å². The molecule has 0 unspecified atom stereocenters. The molecular weight excluding hydrogens is 326 g/mol. The number of methoxy groups -OCH3 is 1. The Morgan fingerprint density at radius 3 is 2.77 bits per heavy atom. The van der Waals surface area contributed by atoms with Crippen LogP contribution in [0, 0.1) is 0 Å². The Kier molecular flexibility index (Phi) is 6.00. The van der Waals surface area contributed by atoms with Crippen LogP contribution in [0.5, 0.6) is 11.5 Å². The molecule has 26 heavy (non-hydrogen) atoms. The molecule has 2 aromatic carbocycles. The number of rotatable bonds is 5. The van der Waals surface area contributed by atoms with Crippen molar-refractivity contribution in [2.24, 2.45) is 4.99 Å². The quantitative estimate of drug-likeness (QED) is 0.641. The lowest BCUT2D eigenvalue weighted by Crippen LogP contribution is -2.44. The molecule has 5 nitrogen and oxygen atoms in total. The number of ether oxygens (including phenoxy) is 1. The van der Waals surface area contributed by atoms with Crippen molar-refractivity contribution in [2.45, 2.75) is 26.3 Å². The second kappa shape index (κ2) is 8.61. The Balaban J connectivity index is 1.68. The van der Waals surface area contributed by atoms with Crippen molar-refractivity contribution in [3.8, 4) is 11.5 Å². The Hall–Kier alpha value is -2.69. The van der Waals surface area contributed by atoms with Crippen molar-refractivity contribution in [3.63, 3.8) is 0 Å². The normalized spacial score (nSPS) is 14.1. The first-order valence-electron chi connectivity index (χ1n) is 9.17. The lowest BCUT2D eigenvalue weighted by atomic mass is 10.0. The second-order valence-corrected chi connectivity index (χ2v) is 6.39. The Morgan fingerprint density at radius 1 is 1.19 bits per heavy atom. The van der Waals surface area contributed by atoms with Gasteiger partial charge < -0.3 is 20.1 Å². The molecule has 5 heteroatoms. The minimum absolute atomic E-state index is 0.210. The van der Waals surface area contributed by atoms with Gasteiger partial charge in [0.15, 0.2) is 17.5 Å². The molecule has 0 spiro atoms. The molecule has 1 heterocycles. The van der Waals surface area contributed by atoms with Gasteiger partial charge in [0.25, 0.3) is 0 Å². The summed E-state index contributed by atoms with van der Waals surface area (Å²) in [6, 6.07) is 14.2. The van der Waals surface area contributed by atoms with Crippen LogP contribution in [0.25, 0.3) is 0 Å². The highest BCUT2D eigenvalue weighted by Crippen LogP contribution is 2.29. The molecule has 0 bridgehead atoms. The predicted molar refractivity (Wildman–Crippen MR) is 105 cm³/mol. The Bertz CT molecular complexity index is 774. The molecule has 0 amide bonds. The third-order valence-electron chi connectivity index (χ3n) is 4.71. The van der Waals surface area contributed by atoms with Crippen molar-refractivity contribution < 1.29 is 9.84 Å². The molecule has 0 atom stereocenters. The number of para-hydroxylation sites is 1. The van der Waals surface area contributed by atoms with Crippen LogP contribution in [0.1, 0.15) is 23.6 Å². The largest absolute Gasteiger partial charge is 0.504 e. The second-order valence-electron chi connectivity index (χ2n) is 6.39. The molecule has 0 radical (unpaired) electrons. The number of guanidine groups is 1. The van der Waals surface area contributed by atoms with Crippen LogP contribution in [0.15, 0.2) is 47.5 Å². The van der Waals surface area contributed by atoms with E-state index in [2.05, 4.69) is 41.4 Å². The van der Waals surface area contributed by atoms with Gasteiger partial charge in [0, 0.05) is 26.2 Å². The number of aromatic hydroxyl groups is 1. The van der Waals surface area contributed by atoms with Crippen LogP contribution in [-0.2, 0) is 19.4 Å². The lowest BCUT2D eigenvalue weighted by molar-refractivity contribution is 0.370. The first-order chi connectivity index (χ1) is 12.7. The zero-order chi connectivity index (χ0) is 18.4. The standard InChI is InChI=1S/C21H27N3O2/c1-3-22-21(24-14-12-16-7-4-5-8-18(16)15-24)23-13-11-17-9-6-10-19(26-2)20(17)25/h4-10,25H,3,11-15H2,1-2H3,(H,22,23). The topological polar surface area (TPSA) is 57.1 Å². The van der Waals surface area contributed by atoms with Crippen molar-refractivity contribution in [1.82, 2.24) is 10.2 Å². The summed E-state index contributed by atoms with van der Waals surface area (Å²) in [5.41, 5.74) is 3.66. The Labute approximate surface area is 155 Å². The van der Waals surface area contributed by atoms with Crippen LogP contribution in [0.4, 0.5) is 0 Å². The van der Waals surface area contributed by atoms with E-state index in [0.717, 1.165) is 37.6 Å². The first kappa shape index (κ1) is 18.1. The molecule has 0 fully saturated rings. The van der Waals surface area contributed by atoms with Crippen molar-refractivity contribution >= 4 is 5.96 Å². The summed E-state index contributed by atoms with van der Waals surface area (Å²) in [6.07, 6.45) is 1.71. The van der Waals surface area contributed by atoms with Gasteiger partial charge in [0.05, 0.1) is 7.11 Å². The molecule has 2 N–H and O–H groups in total. The average Bonchev–Trinajstić information content (AvgIpc) is 2.68.